The van der Waals surface area contributed by atoms with E-state index in [-0.39, 0.29) is 21.6 Å². The zero-order valence-electron chi connectivity index (χ0n) is 11.7. The summed E-state index contributed by atoms with van der Waals surface area (Å²) < 4.78 is 62.1. The van der Waals surface area contributed by atoms with Crippen molar-refractivity contribution in [3.05, 3.63) is 24.3 Å². The topological polar surface area (TPSA) is 74.7 Å². The van der Waals surface area contributed by atoms with E-state index in [0.29, 0.717) is 0 Å². The van der Waals surface area contributed by atoms with Crippen molar-refractivity contribution in [3.63, 3.8) is 0 Å². The second-order valence-electron chi connectivity index (χ2n) is 4.56. The zero-order chi connectivity index (χ0) is 17.1. The number of carboxylic acids is 1. The number of halogens is 3. The molecule has 5 nitrogen and oxygen atoms in total. The summed E-state index contributed by atoms with van der Waals surface area (Å²) in [7, 11) is -4.09. The van der Waals surface area contributed by atoms with Crippen LogP contribution in [0.1, 0.15) is 13.8 Å². The van der Waals surface area contributed by atoms with Crippen molar-refractivity contribution >= 4 is 27.8 Å². The van der Waals surface area contributed by atoms with Crippen LogP contribution < -0.4 is 0 Å². The lowest BCUT2D eigenvalue weighted by molar-refractivity contribution is -0.137. The number of hydrogen-bond donors (Lipinski definition) is 1. The molecule has 0 bridgehead atoms. The largest absolute Gasteiger partial charge is 0.480 e. The molecule has 0 atom stereocenters. The van der Waals surface area contributed by atoms with Gasteiger partial charge >= 0.3 is 11.5 Å². The van der Waals surface area contributed by atoms with Gasteiger partial charge in [0.1, 0.15) is 6.54 Å². The van der Waals surface area contributed by atoms with Crippen LogP contribution in [-0.4, -0.2) is 41.9 Å². The zero-order valence-corrected chi connectivity index (χ0v) is 13.3. The molecule has 1 N–H and O–H groups in total. The number of carbonyl (C=O) groups is 1. The Morgan fingerprint density at radius 1 is 1.27 bits per heavy atom. The molecule has 0 spiro atoms. The molecule has 0 aliphatic rings. The Morgan fingerprint density at radius 2 is 1.77 bits per heavy atom. The highest BCUT2D eigenvalue weighted by atomic mass is 32.2. The number of sulfonamides is 1. The third-order valence-electron chi connectivity index (χ3n) is 2.53. The fraction of sp³-hybridized carbons (Fsp3) is 0.417. The number of nitrogens with zero attached hydrogens (tertiary/aromatic N) is 1. The van der Waals surface area contributed by atoms with Crippen LogP contribution in [0.2, 0.25) is 0 Å². The van der Waals surface area contributed by atoms with Crippen LogP contribution in [0.3, 0.4) is 0 Å². The van der Waals surface area contributed by atoms with E-state index in [2.05, 4.69) is 0 Å². The molecule has 0 saturated carbocycles. The van der Waals surface area contributed by atoms with Crippen LogP contribution in [0.25, 0.3) is 0 Å². The Balaban J connectivity index is 3.09. The second kappa shape index (κ2) is 6.88. The third kappa shape index (κ3) is 5.18. The quantitative estimate of drug-likeness (QED) is 0.793. The lowest BCUT2D eigenvalue weighted by Gasteiger charge is -2.24. The standard InChI is InChI=1S/C12H14F3NO4S2/c1-8(2)16(7-11(17)18)22(19,20)10-5-3-9(4-6-10)21-12(13,14)15/h3-6,8H,7H2,1-2H3,(H,17,18). The van der Waals surface area contributed by atoms with E-state index < -0.39 is 34.1 Å². The summed E-state index contributed by atoms with van der Waals surface area (Å²) in [5.74, 6) is -1.32. The van der Waals surface area contributed by atoms with Crippen molar-refractivity contribution in [1.29, 1.82) is 0 Å². The SMILES string of the molecule is CC(C)N(CC(=O)O)S(=O)(=O)c1ccc(SC(F)(F)F)cc1. The maximum atomic E-state index is 12.3. The fourth-order valence-corrected chi connectivity index (χ4v) is 3.75. The Bertz CT molecular complexity index is 627. The molecule has 124 valence electrons. The molecule has 0 amide bonds. The van der Waals surface area contributed by atoms with Crippen molar-refractivity contribution in [2.45, 2.75) is 35.2 Å². The fourth-order valence-electron chi connectivity index (χ4n) is 1.63. The highest BCUT2D eigenvalue weighted by molar-refractivity contribution is 8.00. The Kier molecular flexibility index (Phi) is 5.88. The predicted octanol–water partition coefficient (Wildman–Crippen LogP) is 2.78. The molecular formula is C12H14F3NO4S2. The average Bonchev–Trinajstić information content (AvgIpc) is 2.34. The summed E-state index contributed by atoms with van der Waals surface area (Å²) in [6.07, 6.45) is 0. The Hall–Kier alpha value is -1.26. The molecule has 0 radical (unpaired) electrons. The van der Waals surface area contributed by atoms with Crippen LogP contribution in [0.4, 0.5) is 13.2 Å². The van der Waals surface area contributed by atoms with E-state index in [1.165, 1.54) is 13.8 Å². The van der Waals surface area contributed by atoms with Crippen LogP contribution in [0.5, 0.6) is 0 Å². The van der Waals surface area contributed by atoms with E-state index in [9.17, 15) is 26.4 Å². The van der Waals surface area contributed by atoms with Crippen LogP contribution in [-0.2, 0) is 14.8 Å². The van der Waals surface area contributed by atoms with Gasteiger partial charge in [0.25, 0.3) is 0 Å². The molecule has 22 heavy (non-hydrogen) atoms. The minimum Gasteiger partial charge on any atom is -0.480 e. The van der Waals surface area contributed by atoms with Crippen molar-refractivity contribution in [3.8, 4) is 0 Å². The van der Waals surface area contributed by atoms with E-state index >= 15 is 0 Å². The van der Waals surface area contributed by atoms with Gasteiger partial charge in [-0.15, -0.1) is 0 Å². The summed E-state index contributed by atoms with van der Waals surface area (Å²) in [6, 6.07) is 3.51. The first-order valence-corrected chi connectivity index (χ1v) is 8.28. The van der Waals surface area contributed by atoms with Gasteiger partial charge in [0.05, 0.1) is 4.90 Å². The van der Waals surface area contributed by atoms with Crippen LogP contribution in [0, 0.1) is 0 Å². The lowest BCUT2D eigenvalue weighted by atomic mass is 10.4. The van der Waals surface area contributed by atoms with Crippen LogP contribution >= 0.6 is 11.8 Å². The van der Waals surface area contributed by atoms with Gasteiger partial charge < -0.3 is 5.11 Å². The van der Waals surface area contributed by atoms with Crippen molar-refractivity contribution < 1.29 is 31.5 Å². The number of alkyl halides is 3. The first-order valence-electron chi connectivity index (χ1n) is 6.03. The molecule has 10 heteroatoms. The average molecular weight is 357 g/mol. The first-order chi connectivity index (χ1) is 9.93. The molecule has 0 fully saturated rings. The highest BCUT2D eigenvalue weighted by Crippen LogP contribution is 2.37. The van der Waals surface area contributed by atoms with E-state index in [4.69, 9.17) is 5.11 Å². The maximum absolute atomic E-state index is 12.3. The van der Waals surface area contributed by atoms with Crippen molar-refractivity contribution in [2.24, 2.45) is 0 Å². The normalized spacial score (nSPS) is 12.9. The molecule has 0 aliphatic heterocycles. The molecule has 0 aliphatic carbocycles. The molecule has 0 saturated heterocycles. The Labute approximate surface area is 130 Å². The predicted molar refractivity (Wildman–Crippen MR) is 75.0 cm³/mol. The molecule has 0 heterocycles. The van der Waals surface area contributed by atoms with Gasteiger partial charge in [0.15, 0.2) is 0 Å². The first kappa shape index (κ1) is 18.8. The minimum absolute atomic E-state index is 0.152. The molecular weight excluding hydrogens is 343 g/mol. The van der Waals surface area contributed by atoms with Gasteiger partial charge in [-0.05, 0) is 49.9 Å². The van der Waals surface area contributed by atoms with Gasteiger partial charge in [-0.25, -0.2) is 8.42 Å². The molecule has 0 aromatic heterocycles. The molecule has 1 rings (SSSR count). The van der Waals surface area contributed by atoms with E-state index in [0.717, 1.165) is 28.6 Å². The van der Waals surface area contributed by atoms with Gasteiger partial charge in [-0.2, -0.15) is 17.5 Å². The number of benzene rings is 1. The highest BCUT2D eigenvalue weighted by Gasteiger charge is 2.31. The van der Waals surface area contributed by atoms with Gasteiger partial charge in [-0.3, -0.25) is 4.79 Å². The lowest BCUT2D eigenvalue weighted by Crippen LogP contribution is -2.40. The summed E-state index contributed by atoms with van der Waals surface area (Å²) in [6.45, 7) is 2.29. The van der Waals surface area contributed by atoms with E-state index in [1.54, 1.807) is 0 Å². The number of thioether (sulfide) groups is 1. The van der Waals surface area contributed by atoms with Crippen molar-refractivity contribution in [2.75, 3.05) is 6.54 Å². The summed E-state index contributed by atoms with van der Waals surface area (Å²) in [5.41, 5.74) is -4.46. The molecule has 0 unspecified atom stereocenters. The van der Waals surface area contributed by atoms with E-state index in [1.807, 2.05) is 0 Å². The number of rotatable bonds is 6. The summed E-state index contributed by atoms with van der Waals surface area (Å²) in [4.78, 5) is 10.4. The summed E-state index contributed by atoms with van der Waals surface area (Å²) >= 11 is -0.357. The van der Waals surface area contributed by atoms with Gasteiger partial charge in [0.2, 0.25) is 10.0 Å². The maximum Gasteiger partial charge on any atom is 0.446 e. The number of hydrogen-bond acceptors (Lipinski definition) is 4. The van der Waals surface area contributed by atoms with Gasteiger partial charge in [-0.1, -0.05) is 0 Å². The Morgan fingerprint density at radius 3 is 2.14 bits per heavy atom. The van der Waals surface area contributed by atoms with Crippen LogP contribution in [0.15, 0.2) is 34.1 Å². The molecule has 1 aromatic carbocycles. The number of aliphatic carboxylic acids is 1. The third-order valence-corrected chi connectivity index (χ3v) is 5.31. The van der Waals surface area contributed by atoms with Crippen molar-refractivity contribution in [1.82, 2.24) is 4.31 Å². The summed E-state index contributed by atoms with van der Waals surface area (Å²) in [5, 5.41) is 8.78. The minimum atomic E-state index is -4.46. The monoisotopic (exact) mass is 357 g/mol. The second-order valence-corrected chi connectivity index (χ2v) is 7.59. The van der Waals surface area contributed by atoms with Gasteiger partial charge in [0, 0.05) is 10.9 Å². The smallest absolute Gasteiger partial charge is 0.446 e. The molecule has 1 aromatic rings. The number of carboxylic acid groups (broad SMARTS) is 1.